The number of carbonyl (C=O) groups is 3. The van der Waals surface area contributed by atoms with Crippen molar-refractivity contribution in [2.24, 2.45) is 0 Å². The highest BCUT2D eigenvalue weighted by Crippen LogP contribution is 2.30. The fourth-order valence-corrected chi connectivity index (χ4v) is 6.31. The van der Waals surface area contributed by atoms with Crippen LogP contribution >= 0.6 is 11.8 Å². The van der Waals surface area contributed by atoms with Gasteiger partial charge in [-0.15, -0.1) is 11.8 Å². The number of aromatic nitrogens is 1. The van der Waals surface area contributed by atoms with Crippen LogP contribution < -0.4 is 10.6 Å². The number of pyridine rings is 1. The molecule has 3 amide bonds. The van der Waals surface area contributed by atoms with Crippen LogP contribution in [0.2, 0.25) is 0 Å². The third-order valence-electron chi connectivity index (χ3n) is 7.62. The molecule has 4 atom stereocenters. The molecule has 5 rings (SSSR count). The van der Waals surface area contributed by atoms with Gasteiger partial charge in [-0.2, -0.15) is 0 Å². The fraction of sp³-hybridized carbons (Fsp3) is 0.273. The van der Waals surface area contributed by atoms with Crippen LogP contribution in [-0.4, -0.2) is 62.0 Å². The van der Waals surface area contributed by atoms with Crippen molar-refractivity contribution in [3.05, 3.63) is 113 Å². The zero-order chi connectivity index (χ0) is 29.6. The molecule has 0 radical (unpaired) electrons. The summed E-state index contributed by atoms with van der Waals surface area (Å²) < 4.78 is 0. The van der Waals surface area contributed by atoms with Gasteiger partial charge in [0.25, 0.3) is 11.8 Å². The van der Waals surface area contributed by atoms with Crippen molar-refractivity contribution in [2.45, 2.75) is 50.3 Å². The van der Waals surface area contributed by atoms with E-state index in [-0.39, 0.29) is 23.5 Å². The first-order valence-corrected chi connectivity index (χ1v) is 15.0. The van der Waals surface area contributed by atoms with Gasteiger partial charge in [-0.25, -0.2) is 0 Å². The van der Waals surface area contributed by atoms with Gasteiger partial charge in [0.2, 0.25) is 5.91 Å². The van der Waals surface area contributed by atoms with Gasteiger partial charge in [0.15, 0.2) is 6.10 Å². The molecule has 1 unspecified atom stereocenters. The average molecular weight is 583 g/mol. The fourth-order valence-electron chi connectivity index (χ4n) is 5.17. The molecule has 1 aliphatic heterocycles. The molecule has 0 aliphatic carbocycles. The number of hydrogen-bond acceptors (Lipinski definition) is 6. The van der Waals surface area contributed by atoms with E-state index in [4.69, 9.17) is 0 Å². The number of fused-ring (bicyclic) bond motifs is 1. The van der Waals surface area contributed by atoms with Gasteiger partial charge in [0, 0.05) is 23.4 Å². The van der Waals surface area contributed by atoms with E-state index in [1.54, 1.807) is 6.07 Å². The molecule has 1 saturated heterocycles. The Balaban J connectivity index is 1.34. The van der Waals surface area contributed by atoms with Gasteiger partial charge >= 0.3 is 0 Å². The van der Waals surface area contributed by atoms with Crippen molar-refractivity contribution in [1.82, 2.24) is 20.5 Å². The van der Waals surface area contributed by atoms with Crippen LogP contribution in [0.1, 0.15) is 34.0 Å². The van der Waals surface area contributed by atoms with Gasteiger partial charge in [0.1, 0.15) is 6.04 Å². The second-order valence-corrected chi connectivity index (χ2v) is 11.9. The number of aliphatic hydroxyl groups excluding tert-OH is 1. The Hall–Kier alpha value is -4.21. The predicted octanol–water partition coefficient (Wildman–Crippen LogP) is 3.85. The summed E-state index contributed by atoms with van der Waals surface area (Å²) in [6.07, 6.45) is 0.139. The number of thioether (sulfide) groups is 1. The third-order valence-corrected chi connectivity index (χ3v) is 8.84. The molecule has 2 heterocycles. The number of nitrogens with one attached hydrogen (secondary N) is 2. The van der Waals surface area contributed by atoms with Crippen LogP contribution in [0.3, 0.4) is 0 Å². The molecule has 0 spiro atoms. The predicted molar refractivity (Wildman–Crippen MR) is 165 cm³/mol. The summed E-state index contributed by atoms with van der Waals surface area (Å²) in [7, 11) is 0. The maximum absolute atomic E-state index is 13.8. The number of hydrogen-bond donors (Lipinski definition) is 3. The quantitative estimate of drug-likeness (QED) is 0.277. The third kappa shape index (κ3) is 6.64. The lowest BCUT2D eigenvalue weighted by molar-refractivity contribution is -0.146. The minimum Gasteiger partial charge on any atom is -0.381 e. The van der Waals surface area contributed by atoms with Crippen molar-refractivity contribution < 1.29 is 19.5 Å². The summed E-state index contributed by atoms with van der Waals surface area (Å²) in [5.41, 5.74) is 4.00. The summed E-state index contributed by atoms with van der Waals surface area (Å²) in [6, 6.07) is 24.7. The standard InChI is InChI=1S/C33H34N4O4S/c1-21-10-6-7-14-25(21)18-35-32(40)29-22(2)42-20-37(29)33(41)30(38)28(16-23-11-4-3-5-12-23)36-31(39)26-17-24-13-8-9-15-27(24)34-19-26/h3-15,17,19,22,28-30,38H,16,18,20H2,1-2H3,(H,35,40)(H,36,39)/t22?,28-,29-,30-/m0/s1. The summed E-state index contributed by atoms with van der Waals surface area (Å²) in [5, 5.41) is 17.9. The lowest BCUT2D eigenvalue weighted by Gasteiger charge is -2.30. The average Bonchev–Trinajstić information content (AvgIpc) is 3.40. The molecule has 1 aromatic heterocycles. The van der Waals surface area contributed by atoms with Gasteiger partial charge in [-0.05, 0) is 42.2 Å². The molecule has 216 valence electrons. The zero-order valence-corrected chi connectivity index (χ0v) is 24.4. The number of aliphatic hydroxyl groups is 1. The highest BCUT2D eigenvalue weighted by molar-refractivity contribution is 8.00. The summed E-state index contributed by atoms with van der Waals surface area (Å²) >= 11 is 1.48. The first kappa shape index (κ1) is 29.3. The topological polar surface area (TPSA) is 112 Å². The van der Waals surface area contributed by atoms with Crippen molar-refractivity contribution >= 4 is 40.4 Å². The number of rotatable bonds is 9. The molecule has 3 aromatic carbocycles. The lowest BCUT2D eigenvalue weighted by Crippen LogP contribution is -2.57. The molecule has 3 N–H and O–H groups in total. The Morgan fingerprint density at radius 2 is 1.74 bits per heavy atom. The molecule has 4 aromatic rings. The van der Waals surface area contributed by atoms with E-state index in [2.05, 4.69) is 15.6 Å². The van der Waals surface area contributed by atoms with E-state index < -0.39 is 30.0 Å². The monoisotopic (exact) mass is 582 g/mol. The Bertz CT molecular complexity index is 1580. The highest BCUT2D eigenvalue weighted by atomic mass is 32.2. The number of benzene rings is 3. The number of carbonyl (C=O) groups excluding carboxylic acids is 3. The smallest absolute Gasteiger partial charge is 0.254 e. The van der Waals surface area contributed by atoms with Crippen LogP contribution in [0.15, 0.2) is 91.1 Å². The molecule has 0 bridgehead atoms. The summed E-state index contributed by atoms with van der Waals surface area (Å²) in [4.78, 5) is 46.3. The molecule has 42 heavy (non-hydrogen) atoms. The van der Waals surface area contributed by atoms with Crippen molar-refractivity contribution in [3.8, 4) is 0 Å². The first-order valence-electron chi connectivity index (χ1n) is 13.9. The van der Waals surface area contributed by atoms with E-state index in [0.29, 0.717) is 12.1 Å². The number of aryl methyl sites for hydroxylation is 1. The second-order valence-electron chi connectivity index (χ2n) is 10.5. The van der Waals surface area contributed by atoms with Crippen LogP contribution in [0, 0.1) is 6.92 Å². The molecular weight excluding hydrogens is 548 g/mol. The van der Waals surface area contributed by atoms with Gasteiger partial charge in [-0.1, -0.05) is 79.7 Å². The maximum Gasteiger partial charge on any atom is 0.254 e. The number of amides is 3. The van der Waals surface area contributed by atoms with Crippen molar-refractivity contribution in [1.29, 1.82) is 0 Å². The molecule has 8 nitrogen and oxygen atoms in total. The molecule has 1 aliphatic rings. The van der Waals surface area contributed by atoms with E-state index in [0.717, 1.165) is 27.6 Å². The van der Waals surface area contributed by atoms with Crippen LogP contribution in [0.25, 0.3) is 10.9 Å². The van der Waals surface area contributed by atoms with Crippen molar-refractivity contribution in [2.75, 3.05) is 5.88 Å². The number of para-hydroxylation sites is 1. The normalized spacial score (nSPS) is 17.9. The highest BCUT2D eigenvalue weighted by Gasteiger charge is 2.43. The number of nitrogens with zero attached hydrogens (tertiary/aromatic N) is 2. The molecular formula is C33H34N4O4S. The summed E-state index contributed by atoms with van der Waals surface area (Å²) in [6.45, 7) is 4.23. The van der Waals surface area contributed by atoms with E-state index in [1.165, 1.54) is 22.9 Å². The zero-order valence-electron chi connectivity index (χ0n) is 23.6. The molecule has 0 saturated carbocycles. The van der Waals surface area contributed by atoms with Crippen LogP contribution in [0.4, 0.5) is 0 Å². The van der Waals surface area contributed by atoms with Crippen LogP contribution in [-0.2, 0) is 22.6 Å². The SMILES string of the molecule is Cc1ccccc1CNC(=O)[C@@H]1C(C)SCN1C(=O)[C@@H](O)[C@H](Cc1ccccc1)NC(=O)c1cnc2ccccc2c1. The van der Waals surface area contributed by atoms with E-state index >= 15 is 0 Å². The Labute approximate surface area is 249 Å². The summed E-state index contributed by atoms with van der Waals surface area (Å²) in [5.74, 6) is -1.05. The van der Waals surface area contributed by atoms with E-state index in [1.807, 2.05) is 92.7 Å². The minimum absolute atomic E-state index is 0.163. The second kappa shape index (κ2) is 13.2. The Kier molecular flexibility index (Phi) is 9.19. The Morgan fingerprint density at radius 1 is 1.02 bits per heavy atom. The largest absolute Gasteiger partial charge is 0.381 e. The van der Waals surface area contributed by atoms with Gasteiger partial charge in [-0.3, -0.25) is 19.4 Å². The van der Waals surface area contributed by atoms with E-state index in [9.17, 15) is 19.5 Å². The maximum atomic E-state index is 13.8. The first-order chi connectivity index (χ1) is 20.3. The van der Waals surface area contributed by atoms with Crippen LogP contribution in [0.5, 0.6) is 0 Å². The van der Waals surface area contributed by atoms with Crippen molar-refractivity contribution in [3.63, 3.8) is 0 Å². The molecule has 1 fully saturated rings. The Morgan fingerprint density at radius 3 is 2.52 bits per heavy atom. The minimum atomic E-state index is -1.57. The van der Waals surface area contributed by atoms with Gasteiger partial charge < -0.3 is 20.6 Å². The van der Waals surface area contributed by atoms with Gasteiger partial charge in [0.05, 0.1) is 23.0 Å². The molecule has 9 heteroatoms. The lowest BCUT2D eigenvalue weighted by atomic mass is 9.99.